The van der Waals surface area contributed by atoms with Gasteiger partial charge in [0.2, 0.25) is 0 Å². The molecule has 0 aromatic carbocycles. The monoisotopic (exact) mass is 390 g/mol. The molecule has 3 heteroatoms. The van der Waals surface area contributed by atoms with E-state index in [0.29, 0.717) is 40.7 Å². The highest BCUT2D eigenvalue weighted by Gasteiger charge is 2.63. The van der Waals surface area contributed by atoms with E-state index in [1.54, 1.807) is 0 Å². The van der Waals surface area contributed by atoms with Gasteiger partial charge in [-0.3, -0.25) is 4.79 Å². The smallest absolute Gasteiger partial charge is 0.155 e. The third-order valence-corrected chi connectivity index (χ3v) is 8.93. The normalized spacial score (nSPS) is 50.3. The quantitative estimate of drug-likeness (QED) is 0.536. The third kappa shape index (κ3) is 2.08. The van der Waals surface area contributed by atoms with Crippen LogP contribution in [-0.2, 0) is 4.79 Å². The largest absolute Gasteiger partial charge is 0.377 e. The second-order valence-electron chi connectivity index (χ2n) is 8.48. The molecule has 0 spiro atoms. The Hall–Kier alpha value is -0.590. The van der Waals surface area contributed by atoms with Gasteiger partial charge in [-0.1, -0.05) is 28.8 Å². The van der Waals surface area contributed by atoms with E-state index in [2.05, 4.69) is 28.8 Å². The molecule has 0 radical (unpaired) electrons. The van der Waals surface area contributed by atoms with Crippen LogP contribution in [0.1, 0.15) is 58.3 Å². The zero-order valence-electron chi connectivity index (χ0n) is 14.4. The van der Waals surface area contributed by atoms with Crippen molar-refractivity contribution in [3.63, 3.8) is 0 Å². The van der Waals surface area contributed by atoms with E-state index in [1.165, 1.54) is 5.57 Å². The van der Waals surface area contributed by atoms with Crippen molar-refractivity contribution in [1.29, 1.82) is 0 Å². The number of allylic oxidation sites excluding steroid dienone is 1. The van der Waals surface area contributed by atoms with Gasteiger partial charge in [0, 0.05) is 16.7 Å². The van der Waals surface area contributed by atoms with E-state index >= 15 is 0 Å². The Morgan fingerprint density at radius 3 is 2.83 bits per heavy atom. The maximum atomic E-state index is 11.9. The van der Waals surface area contributed by atoms with Gasteiger partial charge in [0.25, 0.3) is 0 Å². The fourth-order valence-corrected chi connectivity index (χ4v) is 7.83. The van der Waals surface area contributed by atoms with Crippen molar-refractivity contribution in [3.8, 4) is 12.3 Å². The Labute approximate surface area is 153 Å². The summed E-state index contributed by atoms with van der Waals surface area (Å²) in [6.45, 7) is 2.21. The molecule has 3 fully saturated rings. The summed E-state index contributed by atoms with van der Waals surface area (Å²) in [6, 6.07) is 0. The summed E-state index contributed by atoms with van der Waals surface area (Å²) in [4.78, 5) is 12.2. The lowest BCUT2D eigenvalue weighted by molar-refractivity contribution is -0.117. The number of fused-ring (bicyclic) bond motifs is 5. The van der Waals surface area contributed by atoms with Crippen LogP contribution in [0.3, 0.4) is 0 Å². The number of ketones is 1. The fourth-order valence-electron chi connectivity index (χ4n) is 6.92. The molecule has 0 aliphatic heterocycles. The Morgan fingerprint density at radius 2 is 2.12 bits per heavy atom. The van der Waals surface area contributed by atoms with E-state index in [1.807, 2.05) is 6.08 Å². The average Bonchev–Trinajstić information content (AvgIpc) is 2.89. The van der Waals surface area contributed by atoms with Gasteiger partial charge in [-0.25, -0.2) is 0 Å². The summed E-state index contributed by atoms with van der Waals surface area (Å²) in [5.41, 5.74) is 0.334. The molecular formula is C21H27BrO2. The first-order valence-corrected chi connectivity index (χ1v) is 10.5. The molecule has 0 amide bonds. The SMILES string of the molecule is C#C[C@]1(O)CC[C@H]2[C@@H]3CC(Br)C4=CC(=O)CC[C@@H]4[C@H]3CC[C@@]21CC. The average molecular weight is 391 g/mol. The van der Waals surface area contributed by atoms with Crippen molar-refractivity contribution in [2.45, 2.75) is 68.7 Å². The minimum Gasteiger partial charge on any atom is -0.377 e. The summed E-state index contributed by atoms with van der Waals surface area (Å²) in [6.07, 6.45) is 15.5. The maximum absolute atomic E-state index is 11.9. The lowest BCUT2D eigenvalue weighted by Crippen LogP contribution is -2.54. The molecule has 0 aromatic rings. The van der Waals surface area contributed by atoms with Gasteiger partial charge in [-0.2, -0.15) is 0 Å². The highest BCUT2D eigenvalue weighted by molar-refractivity contribution is 9.09. The molecule has 0 bridgehead atoms. The summed E-state index contributed by atoms with van der Waals surface area (Å²) < 4.78 is 0. The second-order valence-corrected chi connectivity index (χ2v) is 9.59. The van der Waals surface area contributed by atoms with Crippen LogP contribution in [0.2, 0.25) is 0 Å². The zero-order valence-corrected chi connectivity index (χ0v) is 16.0. The molecule has 4 aliphatic rings. The van der Waals surface area contributed by atoms with Gasteiger partial charge >= 0.3 is 0 Å². The van der Waals surface area contributed by atoms with Gasteiger partial charge in [0.1, 0.15) is 5.60 Å². The number of carbonyl (C=O) groups is 1. The number of halogens is 1. The minimum atomic E-state index is -0.919. The number of alkyl halides is 1. The van der Waals surface area contributed by atoms with Crippen molar-refractivity contribution in [2.75, 3.05) is 0 Å². The molecule has 130 valence electrons. The summed E-state index contributed by atoms with van der Waals surface area (Å²) in [5, 5.41) is 11.2. The van der Waals surface area contributed by atoms with Crippen molar-refractivity contribution in [1.82, 2.24) is 0 Å². The van der Waals surface area contributed by atoms with Gasteiger partial charge in [0.15, 0.2) is 5.78 Å². The maximum Gasteiger partial charge on any atom is 0.155 e. The summed E-state index contributed by atoms with van der Waals surface area (Å²) in [5.74, 6) is 5.46. The Bertz CT molecular complexity index is 632. The number of rotatable bonds is 1. The van der Waals surface area contributed by atoms with Crippen molar-refractivity contribution in [2.24, 2.45) is 29.1 Å². The molecule has 4 rings (SSSR count). The molecule has 0 aromatic heterocycles. The second kappa shape index (κ2) is 5.71. The lowest BCUT2D eigenvalue weighted by atomic mass is 9.49. The number of aliphatic hydroxyl groups is 1. The number of terminal acetylenes is 1. The molecule has 2 nitrogen and oxygen atoms in total. The van der Waals surface area contributed by atoms with Crippen LogP contribution < -0.4 is 0 Å². The van der Waals surface area contributed by atoms with E-state index in [0.717, 1.165) is 44.9 Å². The Balaban J connectivity index is 1.71. The van der Waals surface area contributed by atoms with E-state index in [9.17, 15) is 9.90 Å². The van der Waals surface area contributed by atoms with Crippen LogP contribution in [0.25, 0.3) is 0 Å². The van der Waals surface area contributed by atoms with Crippen LogP contribution >= 0.6 is 15.9 Å². The highest BCUT2D eigenvalue weighted by Crippen LogP contribution is 2.66. The highest BCUT2D eigenvalue weighted by atomic mass is 79.9. The predicted molar refractivity (Wildman–Crippen MR) is 98.6 cm³/mol. The van der Waals surface area contributed by atoms with E-state index < -0.39 is 5.60 Å². The number of hydrogen-bond donors (Lipinski definition) is 1. The molecular weight excluding hydrogens is 364 g/mol. The Kier molecular flexibility index (Phi) is 4.01. The molecule has 24 heavy (non-hydrogen) atoms. The number of hydrogen-bond acceptors (Lipinski definition) is 2. The molecule has 7 atom stereocenters. The first kappa shape index (κ1) is 16.9. The standard InChI is InChI=1S/C21H27BrO2/c1-3-20-9-7-15-14-6-5-13(23)11-17(14)19(22)12-16(15)18(20)8-10-21(20,24)4-2/h2,11,14-16,18-19,24H,3,5-10,12H2,1H3/t14-,15-,16-,18+,19?,20+,21+/m1/s1. The summed E-state index contributed by atoms with van der Waals surface area (Å²) in [7, 11) is 0. The molecule has 4 aliphatic carbocycles. The summed E-state index contributed by atoms with van der Waals surface area (Å²) >= 11 is 3.88. The van der Waals surface area contributed by atoms with Crippen LogP contribution in [-0.4, -0.2) is 21.3 Å². The zero-order chi connectivity index (χ0) is 17.1. The van der Waals surface area contributed by atoms with Crippen LogP contribution in [0.15, 0.2) is 11.6 Å². The Morgan fingerprint density at radius 1 is 1.33 bits per heavy atom. The first-order chi connectivity index (χ1) is 11.5. The molecule has 3 saturated carbocycles. The lowest BCUT2D eigenvalue weighted by Gasteiger charge is -2.56. The van der Waals surface area contributed by atoms with Crippen LogP contribution in [0.5, 0.6) is 0 Å². The van der Waals surface area contributed by atoms with Crippen molar-refractivity contribution < 1.29 is 9.90 Å². The fraction of sp³-hybridized carbons (Fsp3) is 0.762. The molecule has 0 heterocycles. The van der Waals surface area contributed by atoms with Crippen molar-refractivity contribution >= 4 is 21.7 Å². The van der Waals surface area contributed by atoms with Crippen LogP contribution in [0, 0.1) is 41.4 Å². The van der Waals surface area contributed by atoms with Gasteiger partial charge < -0.3 is 5.11 Å². The third-order valence-electron chi connectivity index (χ3n) is 8.03. The predicted octanol–water partition coefficient (Wildman–Crippen LogP) is 4.26. The topological polar surface area (TPSA) is 37.3 Å². The van der Waals surface area contributed by atoms with Gasteiger partial charge in [0.05, 0.1) is 0 Å². The van der Waals surface area contributed by atoms with E-state index in [-0.39, 0.29) is 5.41 Å². The first-order valence-electron chi connectivity index (χ1n) is 9.54. The number of carbonyl (C=O) groups excluding carboxylic acids is 1. The minimum absolute atomic E-state index is 0.0959. The van der Waals surface area contributed by atoms with Crippen LogP contribution in [0.4, 0.5) is 0 Å². The molecule has 0 saturated heterocycles. The molecule has 1 unspecified atom stereocenters. The van der Waals surface area contributed by atoms with E-state index in [4.69, 9.17) is 6.42 Å². The molecule has 1 N–H and O–H groups in total. The van der Waals surface area contributed by atoms with Gasteiger partial charge in [-0.15, -0.1) is 6.42 Å². The van der Waals surface area contributed by atoms with Crippen molar-refractivity contribution in [3.05, 3.63) is 11.6 Å². The van der Waals surface area contributed by atoms with Gasteiger partial charge in [-0.05, 0) is 80.3 Å².